The first-order chi connectivity index (χ1) is 18.0. The van der Waals surface area contributed by atoms with Crippen LogP contribution in [-0.4, -0.2) is 50.6 Å². The first kappa shape index (κ1) is 37.5. The summed E-state index contributed by atoms with van der Waals surface area (Å²) in [6, 6.07) is 0. The number of hydrogen-bond acceptors (Lipinski definition) is 5. The third kappa shape index (κ3) is 12.7. The molecular formula is C34H60O5. The summed E-state index contributed by atoms with van der Waals surface area (Å²) in [4.78, 5) is 11.9. The first-order valence-electron chi connectivity index (χ1n) is 15.0. The van der Waals surface area contributed by atoms with E-state index in [9.17, 15) is 25.2 Å². The zero-order valence-electron chi connectivity index (χ0n) is 26.9. The number of carbonyl (C=O) groups is 1. The van der Waals surface area contributed by atoms with Crippen LogP contribution in [0.1, 0.15) is 102 Å². The highest BCUT2D eigenvalue weighted by atomic mass is 16.3. The summed E-state index contributed by atoms with van der Waals surface area (Å²) in [6.45, 7) is 23.4. The summed E-state index contributed by atoms with van der Waals surface area (Å²) in [5, 5.41) is 43.5. The van der Waals surface area contributed by atoms with E-state index < -0.39 is 24.4 Å². The van der Waals surface area contributed by atoms with Crippen molar-refractivity contribution in [3.05, 3.63) is 46.6 Å². The van der Waals surface area contributed by atoms with Crippen LogP contribution in [0.2, 0.25) is 0 Å². The summed E-state index contributed by atoms with van der Waals surface area (Å²) >= 11 is 0. The van der Waals surface area contributed by atoms with Gasteiger partial charge in [-0.2, -0.15) is 0 Å². The van der Waals surface area contributed by atoms with E-state index in [1.807, 2.05) is 79.7 Å². The number of allylic oxidation sites excluding steroid dienone is 1. The lowest BCUT2D eigenvalue weighted by Gasteiger charge is -2.27. The van der Waals surface area contributed by atoms with Gasteiger partial charge in [0.05, 0.1) is 24.4 Å². The van der Waals surface area contributed by atoms with Crippen LogP contribution in [0.3, 0.4) is 0 Å². The van der Waals surface area contributed by atoms with E-state index in [1.165, 1.54) is 0 Å². The van der Waals surface area contributed by atoms with Gasteiger partial charge in [-0.25, -0.2) is 0 Å². The molecule has 0 bridgehead atoms. The van der Waals surface area contributed by atoms with E-state index in [0.29, 0.717) is 17.9 Å². The fraction of sp³-hybridized carbons (Fsp3) is 0.735. The van der Waals surface area contributed by atoms with Gasteiger partial charge in [-0.15, -0.1) is 0 Å². The lowest BCUT2D eigenvalue weighted by Crippen LogP contribution is -2.27. The fourth-order valence-electron chi connectivity index (χ4n) is 5.38. The van der Waals surface area contributed by atoms with Crippen molar-refractivity contribution in [1.82, 2.24) is 0 Å². The largest absolute Gasteiger partial charge is 0.392 e. The maximum Gasteiger partial charge on any atom is 0.157 e. The Morgan fingerprint density at radius 2 is 0.974 bits per heavy atom. The topological polar surface area (TPSA) is 98.0 Å². The van der Waals surface area contributed by atoms with E-state index >= 15 is 0 Å². The van der Waals surface area contributed by atoms with E-state index in [-0.39, 0.29) is 35.4 Å². The first-order valence-corrected chi connectivity index (χ1v) is 15.0. The molecule has 0 unspecified atom stereocenters. The minimum absolute atomic E-state index is 0.0674. The van der Waals surface area contributed by atoms with Crippen molar-refractivity contribution in [2.45, 2.75) is 127 Å². The number of carbonyl (C=O) groups excluding carboxylic acids is 1. The van der Waals surface area contributed by atoms with Crippen LogP contribution in [0.25, 0.3) is 0 Å². The van der Waals surface area contributed by atoms with Gasteiger partial charge in [0.2, 0.25) is 0 Å². The number of ketones is 1. The number of hydrogen-bond donors (Lipinski definition) is 4. The van der Waals surface area contributed by atoms with Crippen molar-refractivity contribution in [3.8, 4) is 0 Å². The number of Topliss-reactive ketones (excluding diaryl/α,β-unsaturated/α-hetero) is 1. The molecule has 0 aromatic heterocycles. The zero-order chi connectivity index (χ0) is 30.6. The third-order valence-corrected chi connectivity index (χ3v) is 8.34. The van der Waals surface area contributed by atoms with Crippen LogP contribution in [-0.2, 0) is 4.79 Å². The average Bonchev–Trinajstić information content (AvgIpc) is 2.89. The second-order valence-corrected chi connectivity index (χ2v) is 12.3. The number of aliphatic hydroxyl groups is 4. The van der Waals surface area contributed by atoms with Crippen molar-refractivity contribution in [2.24, 2.45) is 35.5 Å². The Kier molecular flexibility index (Phi) is 17.3. The molecule has 0 radical (unpaired) electrons. The van der Waals surface area contributed by atoms with Crippen LogP contribution in [0.15, 0.2) is 46.6 Å². The third-order valence-electron chi connectivity index (χ3n) is 8.34. The summed E-state index contributed by atoms with van der Waals surface area (Å²) in [5.41, 5.74) is 2.98. The van der Waals surface area contributed by atoms with E-state index in [1.54, 1.807) is 6.92 Å². The van der Waals surface area contributed by atoms with Gasteiger partial charge in [0, 0.05) is 30.1 Å². The molecule has 0 saturated heterocycles. The molecule has 0 aliphatic heterocycles. The van der Waals surface area contributed by atoms with Crippen LogP contribution in [0.4, 0.5) is 0 Å². The lowest BCUT2D eigenvalue weighted by atomic mass is 9.84. The molecule has 0 spiro atoms. The molecule has 4 N–H and O–H groups in total. The van der Waals surface area contributed by atoms with Crippen molar-refractivity contribution in [3.63, 3.8) is 0 Å². The molecule has 0 fully saturated rings. The van der Waals surface area contributed by atoms with E-state index in [0.717, 1.165) is 29.6 Å². The molecule has 226 valence electrons. The number of aliphatic hydroxyl groups excluding tert-OH is 4. The molecule has 0 heterocycles. The fourth-order valence-corrected chi connectivity index (χ4v) is 5.38. The molecule has 10 atom stereocenters. The highest BCUT2D eigenvalue weighted by molar-refractivity contribution is 5.94. The van der Waals surface area contributed by atoms with Crippen LogP contribution in [0.5, 0.6) is 0 Å². The normalized spacial score (nSPS) is 21.8. The molecule has 0 aliphatic rings. The maximum atomic E-state index is 11.9. The van der Waals surface area contributed by atoms with Crippen molar-refractivity contribution >= 4 is 5.78 Å². The Morgan fingerprint density at radius 1 is 0.615 bits per heavy atom. The second-order valence-electron chi connectivity index (χ2n) is 12.3. The second kappa shape index (κ2) is 18.0. The smallest absolute Gasteiger partial charge is 0.157 e. The summed E-state index contributed by atoms with van der Waals surface area (Å²) < 4.78 is 0. The van der Waals surface area contributed by atoms with E-state index in [4.69, 9.17) is 0 Å². The maximum absolute atomic E-state index is 11.9. The van der Waals surface area contributed by atoms with Gasteiger partial charge >= 0.3 is 0 Å². The molecule has 5 heteroatoms. The highest BCUT2D eigenvalue weighted by Crippen LogP contribution is 2.26. The molecule has 0 aliphatic carbocycles. The minimum Gasteiger partial charge on any atom is -0.392 e. The van der Waals surface area contributed by atoms with Gasteiger partial charge in [-0.05, 0) is 68.2 Å². The standard InChI is InChI=1S/C34H60O5/c1-13-20(3)15-22(5)31(36)24(7)17-26(9)33(38)28(11)19-29(12)34(39)27(10)18-25(8)32(37)23(6)16-21(4)30(35)14-2/h16-20,22-24,27-28,31-34,36-39H,13-15H2,1-12H3/t20-,22-,23-,24+,27-,28-,31+,32-,33+,34-/m0/s1. The van der Waals surface area contributed by atoms with Crippen LogP contribution >= 0.6 is 0 Å². The Bertz CT molecular complexity index is 867. The van der Waals surface area contributed by atoms with Crippen molar-refractivity contribution < 1.29 is 25.2 Å². The van der Waals surface area contributed by atoms with Gasteiger partial charge in [-0.3, -0.25) is 4.79 Å². The molecule has 0 saturated carbocycles. The molecular weight excluding hydrogens is 488 g/mol. The Hall–Kier alpha value is -1.53. The summed E-state index contributed by atoms with van der Waals surface area (Å²) in [6.07, 6.45) is 7.39. The van der Waals surface area contributed by atoms with Crippen molar-refractivity contribution in [2.75, 3.05) is 0 Å². The summed E-state index contributed by atoms with van der Waals surface area (Å²) in [5.74, 6) is 0.0808. The summed E-state index contributed by atoms with van der Waals surface area (Å²) in [7, 11) is 0. The van der Waals surface area contributed by atoms with Gasteiger partial charge in [0.15, 0.2) is 5.78 Å². The van der Waals surface area contributed by atoms with Gasteiger partial charge < -0.3 is 20.4 Å². The molecule has 5 nitrogen and oxygen atoms in total. The number of rotatable bonds is 17. The molecule has 0 aromatic rings. The predicted octanol–water partition coefficient (Wildman–Crippen LogP) is 6.81. The quantitative estimate of drug-likeness (QED) is 0.118. The van der Waals surface area contributed by atoms with Crippen LogP contribution in [0, 0.1) is 35.5 Å². The van der Waals surface area contributed by atoms with Crippen molar-refractivity contribution in [1.29, 1.82) is 0 Å². The minimum atomic E-state index is -0.762. The van der Waals surface area contributed by atoms with Gasteiger partial charge in [0.1, 0.15) is 0 Å². The van der Waals surface area contributed by atoms with Gasteiger partial charge in [-0.1, -0.05) is 86.1 Å². The molecule has 0 rings (SSSR count). The zero-order valence-corrected chi connectivity index (χ0v) is 26.9. The SMILES string of the molecule is CCC(=O)C(C)=C[C@H](C)[C@H](O)C(C)=C[C@H](C)[C@H](O)C(C)=C[C@H](C)[C@H](O)C(C)=C[C@@H](C)[C@H](O)[C@@H](C)C[C@@H](C)CC. The predicted molar refractivity (Wildman–Crippen MR) is 164 cm³/mol. The molecule has 39 heavy (non-hydrogen) atoms. The Labute approximate surface area is 239 Å². The Morgan fingerprint density at radius 3 is 1.33 bits per heavy atom. The monoisotopic (exact) mass is 548 g/mol. The molecule has 0 aromatic carbocycles. The average molecular weight is 549 g/mol. The molecule has 0 amide bonds. The van der Waals surface area contributed by atoms with Gasteiger partial charge in [0.25, 0.3) is 0 Å². The van der Waals surface area contributed by atoms with E-state index in [2.05, 4.69) is 20.8 Å². The lowest BCUT2D eigenvalue weighted by molar-refractivity contribution is -0.115. The Balaban J connectivity index is 5.39. The highest BCUT2D eigenvalue weighted by Gasteiger charge is 2.24. The van der Waals surface area contributed by atoms with Crippen LogP contribution < -0.4 is 0 Å².